The number of aliphatic carboxylic acids is 1. The molecule has 0 aromatic rings. The van der Waals surface area contributed by atoms with E-state index in [1.54, 1.807) is 0 Å². The number of amides is 2. The normalized spacial score (nSPS) is 21.1. The van der Waals surface area contributed by atoms with E-state index in [4.69, 9.17) is 70.7 Å². The minimum atomic E-state index is -1.20. The summed E-state index contributed by atoms with van der Waals surface area (Å²) in [6.07, 6.45) is -4.77. The number of carbonyl (C=O) groups is 3. The lowest BCUT2D eigenvalue weighted by atomic mass is 9.97. The second kappa shape index (κ2) is 28.9. The summed E-state index contributed by atoms with van der Waals surface area (Å²) in [6, 6.07) is 0. The molecule has 0 aliphatic carbocycles. The van der Waals surface area contributed by atoms with Gasteiger partial charge in [-0.25, -0.2) is 0 Å². The van der Waals surface area contributed by atoms with E-state index < -0.39 is 55.0 Å². The van der Waals surface area contributed by atoms with Crippen molar-refractivity contribution in [3.05, 3.63) is 0 Å². The molecule has 19 heteroatoms. The summed E-state index contributed by atoms with van der Waals surface area (Å²) in [5, 5.41) is 13.8. The van der Waals surface area contributed by atoms with Gasteiger partial charge < -0.3 is 81.3 Å². The highest BCUT2D eigenvalue weighted by Crippen LogP contribution is 2.28. The van der Waals surface area contributed by atoms with Gasteiger partial charge in [0.15, 0.2) is 6.23 Å². The Morgan fingerprint density at radius 2 is 1.02 bits per heavy atom. The standard InChI is InChI=1S/C28H56N6O13/c29-3-7-39-11-12-43-20-21-25(44-16-13-40-8-4-30)26(45-17-14-41-9-5-31)27(46-18-15-42-10-6-32)28(47-21)34-23(36)2-1-22(35)33-19-24(37)38/h21,25-28H,1-20,29-32H2,(H,33,35)(H,34,36)(H,37,38)/t21-,25-,26+,27-,28?/m1/s1. The second-order valence-electron chi connectivity index (χ2n) is 10.0. The Morgan fingerprint density at radius 1 is 0.574 bits per heavy atom. The maximum atomic E-state index is 13.0. The maximum Gasteiger partial charge on any atom is 0.322 e. The van der Waals surface area contributed by atoms with Gasteiger partial charge in [0.1, 0.15) is 31.0 Å². The van der Waals surface area contributed by atoms with E-state index in [1.165, 1.54) is 0 Å². The van der Waals surface area contributed by atoms with Crippen LogP contribution in [0.25, 0.3) is 0 Å². The SMILES string of the molecule is NCCOCCOC[C@H]1OC(NC(=O)CCC(=O)NCC(=O)O)[C@H](OCCOCCN)[C@@H](OCCOCCN)[C@@H]1OCCOCCN. The zero-order valence-electron chi connectivity index (χ0n) is 27.2. The first-order chi connectivity index (χ1) is 22.9. The fraction of sp³-hybridized carbons (Fsp3) is 0.893. The largest absolute Gasteiger partial charge is 0.480 e. The molecule has 0 aromatic heterocycles. The molecule has 1 aliphatic heterocycles. The molecule has 1 aliphatic rings. The third-order valence-corrected chi connectivity index (χ3v) is 6.27. The molecule has 0 saturated carbocycles. The molecule has 276 valence electrons. The van der Waals surface area contributed by atoms with Gasteiger partial charge >= 0.3 is 5.97 Å². The molecule has 0 spiro atoms. The van der Waals surface area contributed by atoms with Gasteiger partial charge in [-0.1, -0.05) is 0 Å². The van der Waals surface area contributed by atoms with Crippen LogP contribution in [0.4, 0.5) is 0 Å². The lowest BCUT2D eigenvalue weighted by Gasteiger charge is -2.46. The summed E-state index contributed by atoms with van der Waals surface area (Å²) >= 11 is 0. The van der Waals surface area contributed by atoms with Gasteiger partial charge in [0.05, 0.1) is 85.9 Å². The second-order valence-corrected chi connectivity index (χ2v) is 10.0. The molecule has 0 bridgehead atoms. The van der Waals surface area contributed by atoms with Crippen LogP contribution in [0, 0.1) is 0 Å². The summed E-state index contributed by atoms with van der Waals surface area (Å²) < 4.78 is 52.7. The van der Waals surface area contributed by atoms with Gasteiger partial charge in [-0.3, -0.25) is 14.4 Å². The maximum absolute atomic E-state index is 13.0. The smallest absolute Gasteiger partial charge is 0.322 e. The molecule has 1 saturated heterocycles. The van der Waals surface area contributed by atoms with Crippen molar-refractivity contribution in [1.82, 2.24) is 10.6 Å². The summed E-state index contributed by atoms with van der Waals surface area (Å²) in [5.41, 5.74) is 22.1. The Bertz CT molecular complexity index is 819. The fourth-order valence-corrected chi connectivity index (χ4v) is 4.25. The van der Waals surface area contributed by atoms with Crippen molar-refractivity contribution in [2.24, 2.45) is 22.9 Å². The molecule has 47 heavy (non-hydrogen) atoms. The van der Waals surface area contributed by atoms with E-state index in [0.717, 1.165) is 0 Å². The molecule has 19 nitrogen and oxygen atoms in total. The van der Waals surface area contributed by atoms with Crippen molar-refractivity contribution in [1.29, 1.82) is 0 Å². The van der Waals surface area contributed by atoms with E-state index in [0.29, 0.717) is 59.2 Å². The van der Waals surface area contributed by atoms with E-state index in [9.17, 15) is 14.4 Å². The number of ether oxygens (including phenoxy) is 9. The van der Waals surface area contributed by atoms with E-state index in [1.807, 2.05) is 0 Å². The van der Waals surface area contributed by atoms with Crippen LogP contribution in [-0.2, 0) is 57.0 Å². The topological polar surface area (TPSA) is 283 Å². The van der Waals surface area contributed by atoms with Crippen molar-refractivity contribution < 1.29 is 62.1 Å². The number of hydrogen-bond acceptors (Lipinski definition) is 16. The number of nitrogens with two attached hydrogens (primary N) is 4. The van der Waals surface area contributed by atoms with Crippen LogP contribution in [0.2, 0.25) is 0 Å². The molecule has 0 radical (unpaired) electrons. The quantitative estimate of drug-likeness (QED) is 0.0341. The van der Waals surface area contributed by atoms with Crippen LogP contribution in [0.5, 0.6) is 0 Å². The van der Waals surface area contributed by atoms with Crippen LogP contribution in [0.3, 0.4) is 0 Å². The first kappa shape index (κ1) is 42.9. The fourth-order valence-electron chi connectivity index (χ4n) is 4.25. The third kappa shape index (κ3) is 20.8. The molecule has 0 aromatic carbocycles. The summed E-state index contributed by atoms with van der Waals surface area (Å²) in [5.74, 6) is -2.33. The highest BCUT2D eigenvalue weighted by Gasteiger charge is 2.49. The monoisotopic (exact) mass is 684 g/mol. The molecule has 1 heterocycles. The highest BCUT2D eigenvalue weighted by atomic mass is 16.6. The average Bonchev–Trinajstić information content (AvgIpc) is 3.05. The van der Waals surface area contributed by atoms with Gasteiger partial charge in [-0.05, 0) is 0 Å². The lowest BCUT2D eigenvalue weighted by molar-refractivity contribution is -0.274. The predicted octanol–water partition coefficient (Wildman–Crippen LogP) is -4.12. The number of carboxylic acid groups (broad SMARTS) is 1. The van der Waals surface area contributed by atoms with E-state index in [2.05, 4.69) is 10.6 Å². The average molecular weight is 685 g/mol. The minimum absolute atomic E-state index is 0.0418. The summed E-state index contributed by atoms with van der Waals surface area (Å²) in [4.78, 5) is 35.8. The molecule has 5 atom stereocenters. The molecule has 2 amide bonds. The Labute approximate surface area is 275 Å². The van der Waals surface area contributed by atoms with Crippen LogP contribution >= 0.6 is 0 Å². The zero-order chi connectivity index (χ0) is 34.5. The van der Waals surface area contributed by atoms with E-state index in [-0.39, 0.29) is 65.7 Å². The van der Waals surface area contributed by atoms with Crippen LogP contribution in [0.15, 0.2) is 0 Å². The van der Waals surface area contributed by atoms with Gasteiger partial charge in [-0.15, -0.1) is 0 Å². The summed E-state index contributed by atoms with van der Waals surface area (Å²) in [6.45, 7) is 3.97. The molecule has 1 fully saturated rings. The van der Waals surface area contributed by atoms with Gasteiger partial charge in [0.25, 0.3) is 0 Å². The molecular formula is C28H56N6O13. The molecular weight excluding hydrogens is 628 g/mol. The molecule has 1 unspecified atom stereocenters. The van der Waals surface area contributed by atoms with Gasteiger partial charge in [0.2, 0.25) is 11.8 Å². The predicted molar refractivity (Wildman–Crippen MR) is 166 cm³/mol. The lowest BCUT2D eigenvalue weighted by Crippen LogP contribution is -2.65. The zero-order valence-corrected chi connectivity index (χ0v) is 27.2. The van der Waals surface area contributed by atoms with Crippen molar-refractivity contribution in [3.8, 4) is 0 Å². The van der Waals surface area contributed by atoms with Crippen molar-refractivity contribution in [2.45, 2.75) is 43.5 Å². The van der Waals surface area contributed by atoms with Crippen molar-refractivity contribution >= 4 is 17.8 Å². The van der Waals surface area contributed by atoms with Gasteiger partial charge in [0, 0.05) is 39.0 Å². The third-order valence-electron chi connectivity index (χ3n) is 6.27. The Kier molecular flexibility index (Phi) is 26.4. The molecule has 11 N–H and O–H groups in total. The Hall–Kier alpha value is -2.11. The minimum Gasteiger partial charge on any atom is -0.480 e. The van der Waals surface area contributed by atoms with Gasteiger partial charge in [-0.2, -0.15) is 0 Å². The number of hydrogen-bond donors (Lipinski definition) is 7. The first-order valence-electron chi connectivity index (χ1n) is 15.8. The highest BCUT2D eigenvalue weighted by molar-refractivity contribution is 5.85. The van der Waals surface area contributed by atoms with Crippen LogP contribution in [-0.4, -0.2) is 172 Å². The Morgan fingerprint density at radius 3 is 1.53 bits per heavy atom. The first-order valence-corrected chi connectivity index (χ1v) is 15.8. The van der Waals surface area contributed by atoms with Crippen molar-refractivity contribution in [2.75, 3.05) is 119 Å². The number of rotatable bonds is 31. The number of carbonyl (C=O) groups excluding carboxylic acids is 2. The Balaban J connectivity index is 3.19. The molecule has 1 rings (SSSR count). The number of carboxylic acids is 1. The van der Waals surface area contributed by atoms with Crippen molar-refractivity contribution in [3.63, 3.8) is 0 Å². The number of nitrogens with one attached hydrogen (secondary N) is 2. The van der Waals surface area contributed by atoms with Crippen LogP contribution in [0.1, 0.15) is 12.8 Å². The van der Waals surface area contributed by atoms with Crippen LogP contribution < -0.4 is 33.6 Å². The summed E-state index contributed by atoms with van der Waals surface area (Å²) in [7, 11) is 0. The van der Waals surface area contributed by atoms with E-state index >= 15 is 0 Å².